The molecule has 7 heteroatoms. The molecule has 2 rings (SSSR count). The number of aromatic amines is 1. The predicted octanol–water partition coefficient (Wildman–Crippen LogP) is -0.00368. The number of carbonyl (C=O) groups is 1. The Morgan fingerprint density at radius 2 is 2.35 bits per heavy atom. The van der Waals surface area contributed by atoms with Gasteiger partial charge in [-0.3, -0.25) is 9.59 Å². The molecule has 2 aromatic rings. The maximum absolute atomic E-state index is 11.6. The molecule has 0 aliphatic rings. The average Bonchev–Trinajstić information content (AvgIpc) is 2.73. The molecule has 0 aromatic carbocycles. The van der Waals surface area contributed by atoms with Gasteiger partial charge in [-0.15, -0.1) is 0 Å². The van der Waals surface area contributed by atoms with E-state index < -0.39 is 0 Å². The quantitative estimate of drug-likeness (QED) is 0.778. The number of H-pyrrole nitrogens is 1. The largest absolute Gasteiger partial charge is 0.361 e. The second-order valence-corrected chi connectivity index (χ2v) is 3.42. The molecule has 2 aromatic heterocycles. The highest BCUT2D eigenvalue weighted by molar-refractivity contribution is 5.91. The minimum absolute atomic E-state index is 0.143. The standard InChI is InChI=1S/C10H10N4O3/c1-6-4-7(14-17-6)5-11-10(16)8-2-3-9(15)13-12-8/h2-4H,5H2,1H3,(H,11,16)(H,13,15). The van der Waals surface area contributed by atoms with Crippen LogP contribution in [0.15, 0.2) is 27.5 Å². The summed E-state index contributed by atoms with van der Waals surface area (Å²) in [6, 6.07) is 4.31. The molecule has 17 heavy (non-hydrogen) atoms. The van der Waals surface area contributed by atoms with Gasteiger partial charge in [0.25, 0.3) is 11.5 Å². The summed E-state index contributed by atoms with van der Waals surface area (Å²) in [6.07, 6.45) is 0. The SMILES string of the molecule is Cc1cc(CNC(=O)c2ccc(=O)[nH]n2)no1. The lowest BCUT2D eigenvalue weighted by atomic mass is 10.3. The fraction of sp³-hybridized carbons (Fsp3) is 0.200. The van der Waals surface area contributed by atoms with E-state index in [-0.39, 0.29) is 23.7 Å². The van der Waals surface area contributed by atoms with E-state index in [1.54, 1.807) is 13.0 Å². The Kier molecular flexibility index (Phi) is 2.99. The van der Waals surface area contributed by atoms with E-state index in [1.807, 2.05) is 0 Å². The molecule has 0 saturated carbocycles. The van der Waals surface area contributed by atoms with Gasteiger partial charge in [-0.25, -0.2) is 5.10 Å². The summed E-state index contributed by atoms with van der Waals surface area (Å²) in [6.45, 7) is 2.01. The molecule has 2 N–H and O–H groups in total. The van der Waals surface area contributed by atoms with E-state index in [1.165, 1.54) is 12.1 Å². The van der Waals surface area contributed by atoms with Gasteiger partial charge in [0.15, 0.2) is 0 Å². The topological polar surface area (TPSA) is 101 Å². The van der Waals surface area contributed by atoms with Crippen LogP contribution in [0.25, 0.3) is 0 Å². The zero-order valence-corrected chi connectivity index (χ0v) is 9.06. The van der Waals surface area contributed by atoms with Crippen LogP contribution >= 0.6 is 0 Å². The van der Waals surface area contributed by atoms with Gasteiger partial charge in [0, 0.05) is 12.1 Å². The van der Waals surface area contributed by atoms with E-state index >= 15 is 0 Å². The Bertz CT molecular complexity index is 567. The highest BCUT2D eigenvalue weighted by atomic mass is 16.5. The third-order valence-electron chi connectivity index (χ3n) is 2.02. The summed E-state index contributed by atoms with van der Waals surface area (Å²) in [5.74, 6) is 0.290. The zero-order chi connectivity index (χ0) is 12.3. The predicted molar refractivity (Wildman–Crippen MR) is 57.3 cm³/mol. The number of nitrogens with zero attached hydrogens (tertiary/aromatic N) is 2. The van der Waals surface area contributed by atoms with Crippen LogP contribution in [0, 0.1) is 6.92 Å². The summed E-state index contributed by atoms with van der Waals surface area (Å²) < 4.78 is 4.85. The van der Waals surface area contributed by atoms with Gasteiger partial charge in [0.1, 0.15) is 17.1 Å². The molecular formula is C10H10N4O3. The van der Waals surface area contributed by atoms with Crippen molar-refractivity contribution < 1.29 is 9.32 Å². The molecular weight excluding hydrogens is 224 g/mol. The third-order valence-corrected chi connectivity index (χ3v) is 2.02. The lowest BCUT2D eigenvalue weighted by Gasteiger charge is -2.00. The lowest BCUT2D eigenvalue weighted by molar-refractivity contribution is 0.0944. The summed E-state index contributed by atoms with van der Waals surface area (Å²) in [4.78, 5) is 22.3. The van der Waals surface area contributed by atoms with Crippen LogP contribution in [0.5, 0.6) is 0 Å². The Morgan fingerprint density at radius 1 is 1.53 bits per heavy atom. The average molecular weight is 234 g/mol. The Balaban J connectivity index is 1.98. The summed E-state index contributed by atoms with van der Waals surface area (Å²) in [5.41, 5.74) is 0.416. The highest BCUT2D eigenvalue weighted by Gasteiger charge is 2.08. The first-order valence-corrected chi connectivity index (χ1v) is 4.91. The summed E-state index contributed by atoms with van der Waals surface area (Å²) in [7, 11) is 0. The van der Waals surface area contributed by atoms with Crippen LogP contribution in [0.2, 0.25) is 0 Å². The number of nitrogens with one attached hydrogen (secondary N) is 2. The van der Waals surface area contributed by atoms with Crippen molar-refractivity contribution in [3.63, 3.8) is 0 Å². The molecule has 0 atom stereocenters. The van der Waals surface area contributed by atoms with Gasteiger partial charge in [-0.05, 0) is 13.0 Å². The van der Waals surface area contributed by atoms with E-state index in [4.69, 9.17) is 4.52 Å². The molecule has 7 nitrogen and oxygen atoms in total. The van der Waals surface area contributed by atoms with Crippen LogP contribution in [-0.4, -0.2) is 21.3 Å². The Morgan fingerprint density at radius 3 is 2.94 bits per heavy atom. The van der Waals surface area contributed by atoms with Gasteiger partial charge in [-0.2, -0.15) is 5.10 Å². The van der Waals surface area contributed by atoms with Crippen molar-refractivity contribution in [3.8, 4) is 0 Å². The van der Waals surface area contributed by atoms with Crippen LogP contribution in [0.1, 0.15) is 21.9 Å². The lowest BCUT2D eigenvalue weighted by Crippen LogP contribution is -2.25. The fourth-order valence-corrected chi connectivity index (χ4v) is 1.23. The van der Waals surface area contributed by atoms with Crippen LogP contribution in [0.4, 0.5) is 0 Å². The first-order chi connectivity index (χ1) is 8.15. The van der Waals surface area contributed by atoms with Gasteiger partial charge >= 0.3 is 0 Å². The summed E-state index contributed by atoms with van der Waals surface area (Å²) in [5, 5.41) is 12.1. The number of hydrogen-bond donors (Lipinski definition) is 2. The highest BCUT2D eigenvalue weighted by Crippen LogP contribution is 2.01. The van der Waals surface area contributed by atoms with Crippen molar-refractivity contribution >= 4 is 5.91 Å². The number of carbonyl (C=O) groups excluding carboxylic acids is 1. The van der Waals surface area contributed by atoms with E-state index in [9.17, 15) is 9.59 Å². The minimum atomic E-state index is -0.387. The van der Waals surface area contributed by atoms with Gasteiger partial charge < -0.3 is 9.84 Å². The van der Waals surface area contributed by atoms with Crippen LogP contribution < -0.4 is 10.9 Å². The maximum atomic E-state index is 11.6. The van der Waals surface area contributed by atoms with Gasteiger partial charge in [0.05, 0.1) is 6.54 Å². The monoisotopic (exact) mass is 234 g/mol. The number of aromatic nitrogens is 3. The Hall–Kier alpha value is -2.44. The molecule has 0 saturated heterocycles. The van der Waals surface area contributed by atoms with Gasteiger partial charge in [-0.1, -0.05) is 5.16 Å². The molecule has 0 aliphatic heterocycles. The van der Waals surface area contributed by atoms with E-state index in [2.05, 4.69) is 20.7 Å². The van der Waals surface area contributed by atoms with Crippen molar-refractivity contribution in [2.75, 3.05) is 0 Å². The van der Waals surface area contributed by atoms with Crippen molar-refractivity contribution in [1.29, 1.82) is 0 Å². The van der Waals surface area contributed by atoms with Crippen LogP contribution in [0.3, 0.4) is 0 Å². The fourth-order valence-electron chi connectivity index (χ4n) is 1.23. The molecule has 0 fully saturated rings. The van der Waals surface area contributed by atoms with Crippen LogP contribution in [-0.2, 0) is 6.54 Å². The zero-order valence-electron chi connectivity index (χ0n) is 9.06. The van der Waals surface area contributed by atoms with Crippen molar-refractivity contribution in [2.24, 2.45) is 0 Å². The van der Waals surface area contributed by atoms with Crippen molar-refractivity contribution in [1.82, 2.24) is 20.7 Å². The van der Waals surface area contributed by atoms with E-state index in [0.29, 0.717) is 11.5 Å². The first-order valence-electron chi connectivity index (χ1n) is 4.91. The smallest absolute Gasteiger partial charge is 0.272 e. The Labute approximate surface area is 95.8 Å². The van der Waals surface area contributed by atoms with Crippen molar-refractivity contribution in [3.05, 3.63) is 45.7 Å². The number of amides is 1. The molecule has 0 spiro atoms. The van der Waals surface area contributed by atoms with Crippen molar-refractivity contribution in [2.45, 2.75) is 13.5 Å². The maximum Gasteiger partial charge on any atom is 0.272 e. The number of hydrogen-bond acceptors (Lipinski definition) is 5. The minimum Gasteiger partial charge on any atom is -0.361 e. The normalized spacial score (nSPS) is 10.2. The molecule has 0 radical (unpaired) electrons. The second-order valence-electron chi connectivity index (χ2n) is 3.42. The molecule has 88 valence electrons. The number of rotatable bonds is 3. The molecule has 0 unspecified atom stereocenters. The number of aryl methyl sites for hydroxylation is 1. The second kappa shape index (κ2) is 4.60. The first kappa shape index (κ1) is 11.1. The molecule has 2 heterocycles. The molecule has 0 bridgehead atoms. The molecule has 0 aliphatic carbocycles. The van der Waals surface area contributed by atoms with Gasteiger partial charge in [0.2, 0.25) is 0 Å². The van der Waals surface area contributed by atoms with E-state index in [0.717, 1.165) is 0 Å². The third kappa shape index (κ3) is 2.77. The summed E-state index contributed by atoms with van der Waals surface area (Å²) >= 11 is 0. The molecule has 1 amide bonds.